The van der Waals surface area contributed by atoms with E-state index in [2.05, 4.69) is 25.1 Å². The molecular weight excluding hydrogens is 140 g/mol. The van der Waals surface area contributed by atoms with Gasteiger partial charge in [0.05, 0.1) is 0 Å². The topological polar surface area (TPSA) is 0 Å². The van der Waals surface area contributed by atoms with Crippen molar-refractivity contribution in [3.05, 3.63) is 35.2 Å². The van der Waals surface area contributed by atoms with E-state index in [0.717, 1.165) is 0 Å². The molecule has 0 aliphatic rings. The molecule has 1 heterocycles. The van der Waals surface area contributed by atoms with Crippen LogP contribution in [-0.4, -0.2) is 0 Å². The average Bonchev–Trinajstić information content (AvgIpc) is 2.27. The second kappa shape index (κ2) is 2.10. The summed E-state index contributed by atoms with van der Waals surface area (Å²) in [4.78, 5) is 1.37. The fraction of sp³-hybridized carbons (Fsp3) is 0.111. The number of aryl methyl sites for hydroxylation is 1. The minimum atomic E-state index is 1.33. The average molecular weight is 147 g/mol. The van der Waals surface area contributed by atoms with Crippen molar-refractivity contribution in [1.29, 1.82) is 0 Å². The SMILES string of the molecule is Cc1cc2cc[c]cc2s1. The van der Waals surface area contributed by atoms with Crippen molar-refractivity contribution < 1.29 is 0 Å². The van der Waals surface area contributed by atoms with Crippen molar-refractivity contribution in [3.63, 3.8) is 0 Å². The molecule has 0 aliphatic carbocycles. The lowest BCUT2D eigenvalue weighted by Gasteiger charge is -1.81. The van der Waals surface area contributed by atoms with E-state index in [9.17, 15) is 0 Å². The van der Waals surface area contributed by atoms with Crippen molar-refractivity contribution in [2.24, 2.45) is 0 Å². The van der Waals surface area contributed by atoms with E-state index in [-0.39, 0.29) is 0 Å². The maximum absolute atomic E-state index is 3.06. The zero-order valence-electron chi connectivity index (χ0n) is 5.72. The number of benzene rings is 1. The Kier molecular flexibility index (Phi) is 1.24. The van der Waals surface area contributed by atoms with Gasteiger partial charge in [0.25, 0.3) is 0 Å². The van der Waals surface area contributed by atoms with Crippen LogP contribution in [-0.2, 0) is 0 Å². The minimum Gasteiger partial charge on any atom is -0.141 e. The van der Waals surface area contributed by atoms with E-state index >= 15 is 0 Å². The molecule has 0 bridgehead atoms. The van der Waals surface area contributed by atoms with Crippen molar-refractivity contribution in [3.8, 4) is 0 Å². The normalized spacial score (nSPS) is 10.5. The molecule has 0 fully saturated rings. The molecule has 2 aromatic rings. The van der Waals surface area contributed by atoms with Crippen LogP contribution in [0.1, 0.15) is 4.88 Å². The van der Waals surface area contributed by atoms with Gasteiger partial charge in [0.15, 0.2) is 0 Å². The highest BCUT2D eigenvalue weighted by Crippen LogP contribution is 2.23. The minimum absolute atomic E-state index is 1.33. The number of fused-ring (bicyclic) bond motifs is 1. The Labute approximate surface area is 64.1 Å². The Hall–Kier alpha value is -0.820. The van der Waals surface area contributed by atoms with Crippen LogP contribution in [0, 0.1) is 13.0 Å². The van der Waals surface area contributed by atoms with Gasteiger partial charge in [-0.2, -0.15) is 0 Å². The third-order valence-corrected chi connectivity index (χ3v) is 2.50. The summed E-state index contributed by atoms with van der Waals surface area (Å²) in [6, 6.07) is 11.3. The van der Waals surface area contributed by atoms with Gasteiger partial charge in [0.2, 0.25) is 0 Å². The van der Waals surface area contributed by atoms with E-state index in [1.54, 1.807) is 0 Å². The van der Waals surface area contributed by atoms with Gasteiger partial charge in [-0.25, -0.2) is 0 Å². The van der Waals surface area contributed by atoms with E-state index < -0.39 is 0 Å². The van der Waals surface area contributed by atoms with Gasteiger partial charge < -0.3 is 0 Å². The van der Waals surface area contributed by atoms with Gasteiger partial charge in [-0.05, 0) is 30.5 Å². The number of rotatable bonds is 0. The molecule has 0 unspecified atom stereocenters. The van der Waals surface area contributed by atoms with Crippen LogP contribution in [0.4, 0.5) is 0 Å². The second-order valence-corrected chi connectivity index (χ2v) is 3.61. The Morgan fingerprint density at radius 3 is 3.20 bits per heavy atom. The van der Waals surface area contributed by atoms with Gasteiger partial charge in [0, 0.05) is 9.58 Å². The molecule has 49 valence electrons. The summed E-state index contributed by atoms with van der Waals surface area (Å²) >= 11 is 1.82. The highest BCUT2D eigenvalue weighted by Gasteiger charge is 1.93. The smallest absolute Gasteiger partial charge is 0.0351 e. The molecule has 1 radical (unpaired) electrons. The molecule has 10 heavy (non-hydrogen) atoms. The number of thiophene rings is 1. The molecule has 0 saturated heterocycles. The van der Waals surface area contributed by atoms with Crippen molar-refractivity contribution in [2.75, 3.05) is 0 Å². The van der Waals surface area contributed by atoms with Crippen LogP contribution >= 0.6 is 11.3 Å². The van der Waals surface area contributed by atoms with Gasteiger partial charge >= 0.3 is 0 Å². The van der Waals surface area contributed by atoms with E-state index in [0.29, 0.717) is 0 Å². The first kappa shape index (κ1) is 5.93. The van der Waals surface area contributed by atoms with Crippen LogP contribution in [0.2, 0.25) is 0 Å². The molecule has 1 aromatic heterocycles. The van der Waals surface area contributed by atoms with Gasteiger partial charge in [0.1, 0.15) is 0 Å². The largest absolute Gasteiger partial charge is 0.141 e. The molecule has 0 amide bonds. The van der Waals surface area contributed by atoms with Gasteiger partial charge in [-0.1, -0.05) is 12.1 Å². The predicted molar refractivity (Wildman–Crippen MR) is 45.4 cm³/mol. The van der Waals surface area contributed by atoms with Crippen molar-refractivity contribution in [1.82, 2.24) is 0 Å². The summed E-state index contributed by atoms with van der Waals surface area (Å²) in [6.07, 6.45) is 0. The predicted octanol–water partition coefficient (Wildman–Crippen LogP) is 3.01. The van der Waals surface area contributed by atoms with Gasteiger partial charge in [-0.3, -0.25) is 0 Å². The summed E-state index contributed by atoms with van der Waals surface area (Å²) in [5.41, 5.74) is 0. The molecule has 2 rings (SSSR count). The lowest BCUT2D eigenvalue weighted by molar-refractivity contribution is 1.65. The molecule has 0 saturated carbocycles. The Morgan fingerprint density at radius 1 is 1.50 bits per heavy atom. The summed E-state index contributed by atoms with van der Waals surface area (Å²) in [5.74, 6) is 0. The van der Waals surface area contributed by atoms with E-state index in [1.807, 2.05) is 23.5 Å². The standard InChI is InChI=1S/C9H7S/c1-7-6-8-4-2-3-5-9(8)10-7/h2,4-6H,1H3. The van der Waals surface area contributed by atoms with Crippen molar-refractivity contribution >= 4 is 21.4 Å². The lowest BCUT2D eigenvalue weighted by atomic mass is 10.2. The third kappa shape index (κ3) is 0.830. The summed E-state index contributed by atoms with van der Waals surface area (Å²) in [7, 11) is 0. The van der Waals surface area contributed by atoms with Crippen molar-refractivity contribution in [2.45, 2.75) is 6.92 Å². The molecule has 0 N–H and O–H groups in total. The second-order valence-electron chi connectivity index (χ2n) is 2.32. The number of hydrogen-bond acceptors (Lipinski definition) is 1. The summed E-state index contributed by atoms with van der Waals surface area (Å²) in [5, 5.41) is 1.33. The zero-order valence-corrected chi connectivity index (χ0v) is 6.53. The zero-order chi connectivity index (χ0) is 6.97. The van der Waals surface area contributed by atoms with Crippen LogP contribution in [0.15, 0.2) is 24.3 Å². The summed E-state index contributed by atoms with van der Waals surface area (Å²) in [6.45, 7) is 2.13. The number of hydrogen-bond donors (Lipinski definition) is 0. The lowest BCUT2D eigenvalue weighted by Crippen LogP contribution is -1.57. The quantitative estimate of drug-likeness (QED) is 0.537. The molecule has 1 aromatic carbocycles. The van der Waals surface area contributed by atoms with Crippen LogP contribution < -0.4 is 0 Å². The molecule has 0 atom stereocenters. The Balaban J connectivity index is 2.88. The maximum atomic E-state index is 3.06. The van der Waals surface area contributed by atoms with E-state index in [1.165, 1.54) is 15.0 Å². The molecule has 1 heteroatoms. The fourth-order valence-electron chi connectivity index (χ4n) is 1.06. The monoisotopic (exact) mass is 147 g/mol. The highest BCUT2D eigenvalue weighted by molar-refractivity contribution is 7.19. The third-order valence-electron chi connectivity index (χ3n) is 1.49. The highest BCUT2D eigenvalue weighted by atomic mass is 32.1. The van der Waals surface area contributed by atoms with Crippen LogP contribution in [0.25, 0.3) is 10.1 Å². The van der Waals surface area contributed by atoms with Crippen LogP contribution in [0.5, 0.6) is 0 Å². The molecule has 0 spiro atoms. The fourth-order valence-corrected chi connectivity index (χ4v) is 1.96. The molecule has 0 aliphatic heterocycles. The Bertz CT molecular complexity index is 313. The first-order chi connectivity index (χ1) is 4.86. The molecule has 0 nitrogen and oxygen atoms in total. The van der Waals surface area contributed by atoms with E-state index in [4.69, 9.17) is 0 Å². The van der Waals surface area contributed by atoms with Gasteiger partial charge in [-0.15, -0.1) is 11.3 Å². The summed E-state index contributed by atoms with van der Waals surface area (Å²) < 4.78 is 1.33. The first-order valence-electron chi connectivity index (χ1n) is 3.22. The maximum Gasteiger partial charge on any atom is 0.0351 e. The first-order valence-corrected chi connectivity index (χ1v) is 4.04. The molecular formula is C9H7S. The van der Waals surface area contributed by atoms with Crippen LogP contribution in [0.3, 0.4) is 0 Å². The Morgan fingerprint density at radius 2 is 2.40 bits per heavy atom.